The molecular formula is C24H23F3N6O3. The summed E-state index contributed by atoms with van der Waals surface area (Å²) in [5.74, 6) is -1.56. The molecule has 0 aliphatic heterocycles. The van der Waals surface area contributed by atoms with Crippen molar-refractivity contribution in [2.24, 2.45) is 5.92 Å². The van der Waals surface area contributed by atoms with Crippen molar-refractivity contribution in [3.63, 3.8) is 0 Å². The van der Waals surface area contributed by atoms with Gasteiger partial charge in [-0.1, -0.05) is 19.1 Å². The first-order valence-corrected chi connectivity index (χ1v) is 11.1. The Labute approximate surface area is 203 Å². The normalized spacial score (nSPS) is 12.5. The van der Waals surface area contributed by atoms with Gasteiger partial charge in [-0.2, -0.15) is 23.4 Å². The van der Waals surface area contributed by atoms with Crippen molar-refractivity contribution in [1.29, 1.82) is 0 Å². The zero-order chi connectivity index (χ0) is 26.0. The Bertz CT molecular complexity index is 1430. The number of amides is 1. The maximum atomic E-state index is 12.9. The first-order valence-electron chi connectivity index (χ1n) is 11.1. The molecule has 4 rings (SSSR count). The quantitative estimate of drug-likeness (QED) is 0.378. The van der Waals surface area contributed by atoms with Crippen LogP contribution < -0.4 is 5.32 Å². The molecule has 12 heteroatoms. The number of ether oxygens (including phenoxy) is 1. The van der Waals surface area contributed by atoms with Crippen molar-refractivity contribution in [2.45, 2.75) is 33.5 Å². The van der Waals surface area contributed by atoms with Crippen molar-refractivity contribution < 1.29 is 27.5 Å². The molecule has 1 aromatic carbocycles. The number of rotatable bonds is 7. The van der Waals surface area contributed by atoms with Gasteiger partial charge < -0.3 is 10.1 Å². The van der Waals surface area contributed by atoms with E-state index in [1.54, 1.807) is 44.3 Å². The smallest absolute Gasteiger partial charge is 0.435 e. The summed E-state index contributed by atoms with van der Waals surface area (Å²) in [6, 6.07) is 9.65. The summed E-state index contributed by atoms with van der Waals surface area (Å²) in [6.07, 6.45) is -1.62. The largest absolute Gasteiger partial charge is 0.462 e. The van der Waals surface area contributed by atoms with E-state index in [0.29, 0.717) is 28.3 Å². The minimum atomic E-state index is -4.55. The molecule has 3 heterocycles. The number of fused-ring (bicyclic) bond motifs is 1. The van der Waals surface area contributed by atoms with E-state index in [4.69, 9.17) is 4.74 Å². The van der Waals surface area contributed by atoms with Gasteiger partial charge in [0.15, 0.2) is 11.3 Å². The third-order valence-corrected chi connectivity index (χ3v) is 5.49. The lowest BCUT2D eigenvalue weighted by Crippen LogP contribution is -2.25. The maximum absolute atomic E-state index is 12.9. The second kappa shape index (κ2) is 9.80. The summed E-state index contributed by atoms with van der Waals surface area (Å²) in [7, 11) is 0. The van der Waals surface area contributed by atoms with E-state index in [2.05, 4.69) is 20.5 Å². The van der Waals surface area contributed by atoms with Crippen molar-refractivity contribution >= 4 is 23.2 Å². The molecular weight excluding hydrogens is 477 g/mol. The molecule has 0 bridgehead atoms. The number of benzene rings is 1. The van der Waals surface area contributed by atoms with Crippen LogP contribution >= 0.6 is 0 Å². The van der Waals surface area contributed by atoms with Crippen molar-refractivity contribution in [3.8, 4) is 11.3 Å². The molecule has 4 aromatic rings. The van der Waals surface area contributed by atoms with Crippen LogP contribution in [0.3, 0.4) is 0 Å². The number of hydrogen-bond donors (Lipinski definition) is 1. The van der Waals surface area contributed by atoms with Gasteiger partial charge in [-0.05, 0) is 38.1 Å². The lowest BCUT2D eigenvalue weighted by atomic mass is 10.1. The highest BCUT2D eigenvalue weighted by molar-refractivity contribution is 5.96. The van der Waals surface area contributed by atoms with Crippen LogP contribution in [0.4, 0.5) is 18.9 Å². The summed E-state index contributed by atoms with van der Waals surface area (Å²) in [5, 5.41) is 10.6. The monoisotopic (exact) mass is 500 g/mol. The molecule has 188 valence electrons. The van der Waals surface area contributed by atoms with Crippen LogP contribution in [0.2, 0.25) is 0 Å². The van der Waals surface area contributed by atoms with Gasteiger partial charge in [-0.15, -0.1) is 0 Å². The third-order valence-electron chi connectivity index (χ3n) is 5.49. The molecule has 0 saturated heterocycles. The second-order valence-electron chi connectivity index (χ2n) is 8.17. The number of carbonyl (C=O) groups is 2. The molecule has 0 radical (unpaired) electrons. The van der Waals surface area contributed by atoms with E-state index in [0.717, 1.165) is 6.07 Å². The number of anilines is 1. The predicted molar refractivity (Wildman–Crippen MR) is 124 cm³/mol. The van der Waals surface area contributed by atoms with Crippen molar-refractivity contribution in [3.05, 3.63) is 65.7 Å². The molecule has 1 unspecified atom stereocenters. The number of aromatic nitrogens is 5. The van der Waals surface area contributed by atoms with Gasteiger partial charge in [-0.3, -0.25) is 9.48 Å². The first-order chi connectivity index (χ1) is 17.1. The van der Waals surface area contributed by atoms with Crippen LogP contribution in [-0.2, 0) is 22.3 Å². The summed E-state index contributed by atoms with van der Waals surface area (Å²) in [6.45, 7) is 5.04. The van der Waals surface area contributed by atoms with Gasteiger partial charge in [0.1, 0.15) is 5.56 Å². The molecule has 0 fully saturated rings. The Morgan fingerprint density at radius 1 is 1.19 bits per heavy atom. The molecule has 9 nitrogen and oxygen atoms in total. The minimum absolute atomic E-state index is 0.0116. The Kier molecular flexibility index (Phi) is 6.77. The summed E-state index contributed by atoms with van der Waals surface area (Å²) >= 11 is 0. The number of esters is 1. The van der Waals surface area contributed by atoms with Crippen LogP contribution in [0.5, 0.6) is 0 Å². The van der Waals surface area contributed by atoms with Gasteiger partial charge >= 0.3 is 12.1 Å². The van der Waals surface area contributed by atoms with Crippen LogP contribution in [0.25, 0.3) is 16.9 Å². The standard InChI is InChI=1S/C24H23F3N6O3/c1-4-36-23(35)18-12-29-33-19(8-9-28-21(18)33)16-6-5-7-17(11-16)30-22(34)14(2)13-32-15(3)10-20(31-32)24(25,26)27/h5-12,14H,4,13H2,1-3H3,(H,30,34). The van der Waals surface area contributed by atoms with E-state index in [1.165, 1.54) is 22.3 Å². The SMILES string of the molecule is CCOC(=O)c1cnn2c(-c3cccc(NC(=O)C(C)Cn4nc(C(F)(F)F)cc4C)c3)ccnc12. The van der Waals surface area contributed by atoms with E-state index >= 15 is 0 Å². The number of hydrogen-bond acceptors (Lipinski definition) is 6. The summed E-state index contributed by atoms with van der Waals surface area (Å²) in [4.78, 5) is 29.2. The fourth-order valence-corrected chi connectivity index (χ4v) is 3.66. The molecule has 0 spiro atoms. The van der Waals surface area contributed by atoms with Gasteiger partial charge in [0, 0.05) is 23.1 Å². The lowest BCUT2D eigenvalue weighted by molar-refractivity contribution is -0.141. The fraction of sp³-hybridized carbons (Fsp3) is 0.292. The number of carbonyl (C=O) groups excluding carboxylic acids is 2. The summed E-state index contributed by atoms with van der Waals surface area (Å²) < 4.78 is 46.5. The van der Waals surface area contributed by atoms with Gasteiger partial charge in [0.25, 0.3) is 0 Å². The average Bonchev–Trinajstić information content (AvgIpc) is 3.43. The van der Waals surface area contributed by atoms with Crippen LogP contribution in [-0.4, -0.2) is 42.9 Å². The number of alkyl halides is 3. The van der Waals surface area contributed by atoms with Crippen LogP contribution in [0.1, 0.15) is 35.6 Å². The molecule has 0 aliphatic rings. The third kappa shape index (κ3) is 5.07. The molecule has 0 saturated carbocycles. The average molecular weight is 500 g/mol. The number of nitrogens with zero attached hydrogens (tertiary/aromatic N) is 5. The van der Waals surface area contributed by atoms with Crippen LogP contribution in [0.15, 0.2) is 48.8 Å². The van der Waals surface area contributed by atoms with E-state index in [9.17, 15) is 22.8 Å². The highest BCUT2D eigenvalue weighted by Crippen LogP contribution is 2.29. The maximum Gasteiger partial charge on any atom is 0.435 e. The number of aryl methyl sites for hydroxylation is 1. The zero-order valence-electron chi connectivity index (χ0n) is 19.7. The molecule has 1 N–H and O–H groups in total. The molecule has 3 aromatic heterocycles. The molecule has 0 aliphatic carbocycles. The predicted octanol–water partition coefficient (Wildman–Crippen LogP) is 4.37. The Balaban J connectivity index is 1.53. The van der Waals surface area contributed by atoms with Gasteiger partial charge in [0.05, 0.1) is 31.0 Å². The van der Waals surface area contributed by atoms with E-state index in [1.807, 2.05) is 6.07 Å². The summed E-state index contributed by atoms with van der Waals surface area (Å²) in [5.41, 5.74) is 1.71. The second-order valence-corrected chi connectivity index (χ2v) is 8.17. The highest BCUT2D eigenvalue weighted by atomic mass is 19.4. The van der Waals surface area contributed by atoms with Crippen molar-refractivity contribution in [1.82, 2.24) is 24.4 Å². The molecule has 36 heavy (non-hydrogen) atoms. The Morgan fingerprint density at radius 2 is 1.97 bits per heavy atom. The van der Waals surface area contributed by atoms with E-state index < -0.39 is 23.8 Å². The molecule has 1 amide bonds. The Hall–Kier alpha value is -4.22. The van der Waals surface area contributed by atoms with E-state index in [-0.39, 0.29) is 24.6 Å². The van der Waals surface area contributed by atoms with Gasteiger partial charge in [-0.25, -0.2) is 14.3 Å². The number of nitrogens with one attached hydrogen (secondary N) is 1. The van der Waals surface area contributed by atoms with Crippen LogP contribution in [0, 0.1) is 12.8 Å². The van der Waals surface area contributed by atoms with Crippen molar-refractivity contribution in [2.75, 3.05) is 11.9 Å². The molecule has 1 atom stereocenters. The lowest BCUT2D eigenvalue weighted by Gasteiger charge is -2.14. The highest BCUT2D eigenvalue weighted by Gasteiger charge is 2.34. The fourth-order valence-electron chi connectivity index (χ4n) is 3.66. The van der Waals surface area contributed by atoms with Gasteiger partial charge in [0.2, 0.25) is 5.91 Å². The Morgan fingerprint density at radius 3 is 2.67 bits per heavy atom. The zero-order valence-corrected chi connectivity index (χ0v) is 19.7. The minimum Gasteiger partial charge on any atom is -0.462 e. The topological polar surface area (TPSA) is 103 Å². The first kappa shape index (κ1) is 24.9. The number of halogens is 3.